The van der Waals surface area contributed by atoms with Gasteiger partial charge in [-0.2, -0.15) is 0 Å². The lowest BCUT2D eigenvalue weighted by atomic mass is 10.2. The molecule has 2 aromatic carbocycles. The van der Waals surface area contributed by atoms with Crippen LogP contribution in [0.1, 0.15) is 10.6 Å². The van der Waals surface area contributed by atoms with Crippen molar-refractivity contribution in [2.24, 2.45) is 0 Å². The van der Waals surface area contributed by atoms with Crippen molar-refractivity contribution in [3.63, 3.8) is 0 Å². The van der Waals surface area contributed by atoms with Crippen molar-refractivity contribution >= 4 is 49.2 Å². The Morgan fingerprint density at radius 3 is 2.80 bits per heavy atom. The number of hydrogen-bond acceptors (Lipinski definition) is 7. The first kappa shape index (κ1) is 18.9. The first-order valence-corrected chi connectivity index (χ1v) is 10.6. The predicted molar refractivity (Wildman–Crippen MR) is 120 cm³/mol. The minimum Gasteiger partial charge on any atom is -0.493 e. The Labute approximate surface area is 177 Å². The molecular formula is C22H22N4O3S. The molecule has 1 fully saturated rings. The Bertz CT molecular complexity index is 1220. The van der Waals surface area contributed by atoms with E-state index in [0.29, 0.717) is 17.0 Å². The van der Waals surface area contributed by atoms with Gasteiger partial charge >= 0.3 is 0 Å². The molecular weight excluding hydrogens is 400 g/mol. The summed E-state index contributed by atoms with van der Waals surface area (Å²) in [5, 5.41) is 4.79. The van der Waals surface area contributed by atoms with Crippen molar-refractivity contribution in [1.29, 1.82) is 0 Å². The number of amides is 1. The van der Waals surface area contributed by atoms with E-state index in [2.05, 4.69) is 22.2 Å². The van der Waals surface area contributed by atoms with E-state index in [9.17, 15) is 4.79 Å². The fraction of sp³-hybridized carbons (Fsp3) is 0.273. The molecule has 3 heterocycles. The summed E-state index contributed by atoms with van der Waals surface area (Å²) in [5.74, 6) is 0.558. The van der Waals surface area contributed by atoms with E-state index >= 15 is 0 Å². The maximum atomic E-state index is 12.7. The van der Waals surface area contributed by atoms with Crippen molar-refractivity contribution in [3.8, 4) is 5.75 Å². The van der Waals surface area contributed by atoms with Crippen molar-refractivity contribution in [3.05, 3.63) is 48.2 Å². The molecule has 30 heavy (non-hydrogen) atoms. The minimum absolute atomic E-state index is 0.247. The van der Waals surface area contributed by atoms with Crippen LogP contribution in [0.25, 0.3) is 21.2 Å². The molecule has 154 valence electrons. The molecule has 0 radical (unpaired) electrons. The Morgan fingerprint density at radius 2 is 2.00 bits per heavy atom. The van der Waals surface area contributed by atoms with Crippen LogP contribution in [0.4, 0.5) is 10.8 Å². The molecule has 1 saturated heterocycles. The summed E-state index contributed by atoms with van der Waals surface area (Å²) >= 11 is 1.66. The number of methoxy groups -OCH3 is 1. The van der Waals surface area contributed by atoms with Crippen LogP contribution in [0.15, 0.2) is 46.9 Å². The number of carbonyl (C=O) groups excluding carboxylic acids is 1. The van der Waals surface area contributed by atoms with Gasteiger partial charge in [0.1, 0.15) is 0 Å². The second-order valence-corrected chi connectivity index (χ2v) is 8.42. The average molecular weight is 423 g/mol. The third-order valence-electron chi connectivity index (χ3n) is 5.36. The zero-order valence-electron chi connectivity index (χ0n) is 16.8. The molecule has 4 aromatic rings. The normalized spacial score (nSPS) is 15.1. The molecule has 0 saturated carbocycles. The van der Waals surface area contributed by atoms with Gasteiger partial charge in [0, 0.05) is 37.3 Å². The van der Waals surface area contributed by atoms with E-state index in [0.717, 1.165) is 46.9 Å². The number of thiazole rings is 1. The molecule has 1 N–H and O–H groups in total. The maximum Gasteiger partial charge on any atom is 0.291 e. The Hall–Kier alpha value is -3.10. The summed E-state index contributed by atoms with van der Waals surface area (Å²) in [6, 6.07) is 13.1. The van der Waals surface area contributed by atoms with Crippen LogP contribution < -0.4 is 15.0 Å². The average Bonchev–Trinajstić information content (AvgIpc) is 3.38. The smallest absolute Gasteiger partial charge is 0.291 e. The molecule has 1 aliphatic rings. The molecule has 1 amide bonds. The highest BCUT2D eigenvalue weighted by Gasteiger charge is 2.19. The van der Waals surface area contributed by atoms with Crippen LogP contribution in [0.2, 0.25) is 0 Å². The number of rotatable bonds is 4. The zero-order valence-corrected chi connectivity index (χ0v) is 17.7. The number of aromatic nitrogens is 1. The molecule has 8 heteroatoms. The van der Waals surface area contributed by atoms with Gasteiger partial charge in [-0.15, -0.1) is 0 Å². The monoisotopic (exact) mass is 422 g/mol. The zero-order chi connectivity index (χ0) is 20.7. The second-order valence-electron chi connectivity index (χ2n) is 7.41. The van der Waals surface area contributed by atoms with E-state index in [-0.39, 0.29) is 11.7 Å². The summed E-state index contributed by atoms with van der Waals surface area (Å²) in [5.41, 5.74) is 2.23. The molecule has 2 aromatic heterocycles. The minimum atomic E-state index is -0.295. The Morgan fingerprint density at radius 1 is 1.17 bits per heavy atom. The van der Waals surface area contributed by atoms with Gasteiger partial charge in [0.2, 0.25) is 0 Å². The van der Waals surface area contributed by atoms with Crippen LogP contribution in [0.5, 0.6) is 5.75 Å². The van der Waals surface area contributed by atoms with Crippen LogP contribution in [0, 0.1) is 0 Å². The van der Waals surface area contributed by atoms with Gasteiger partial charge in [0.25, 0.3) is 5.91 Å². The number of hydrogen-bond donors (Lipinski definition) is 1. The van der Waals surface area contributed by atoms with Crippen molar-refractivity contribution in [1.82, 2.24) is 9.88 Å². The Kier molecular flexibility index (Phi) is 4.80. The lowest BCUT2D eigenvalue weighted by Gasteiger charge is -2.31. The standard InChI is InChI=1S/C22H22N4O3S/c1-25-8-10-26(11-9-25)22-24-16-7-6-15(13-19(16)30-22)23-21(27)18-12-14-4-3-5-17(28-2)20(14)29-18/h3-7,12-13H,8-11H2,1-2H3,(H,23,27). The fourth-order valence-electron chi connectivity index (χ4n) is 3.62. The molecule has 0 unspecified atom stereocenters. The van der Waals surface area contributed by atoms with Crippen molar-refractivity contribution in [2.45, 2.75) is 0 Å². The van der Waals surface area contributed by atoms with Gasteiger partial charge in [-0.3, -0.25) is 4.79 Å². The number of furan rings is 1. The highest BCUT2D eigenvalue weighted by Crippen LogP contribution is 2.32. The molecule has 5 rings (SSSR count). The van der Waals surface area contributed by atoms with E-state index in [4.69, 9.17) is 14.1 Å². The summed E-state index contributed by atoms with van der Waals surface area (Å²) in [7, 11) is 3.72. The van der Waals surface area contributed by atoms with Crippen molar-refractivity contribution < 1.29 is 13.9 Å². The summed E-state index contributed by atoms with van der Waals surface area (Å²) < 4.78 is 12.1. The van der Waals surface area contributed by atoms with Gasteiger partial charge in [0.05, 0.1) is 17.3 Å². The third kappa shape index (κ3) is 3.48. The quantitative estimate of drug-likeness (QED) is 0.535. The van der Waals surface area contributed by atoms with Gasteiger partial charge in [-0.1, -0.05) is 23.5 Å². The molecule has 1 aliphatic heterocycles. The number of benzene rings is 2. The first-order chi connectivity index (χ1) is 14.6. The third-order valence-corrected chi connectivity index (χ3v) is 6.44. The highest BCUT2D eigenvalue weighted by molar-refractivity contribution is 7.22. The molecule has 0 bridgehead atoms. The summed E-state index contributed by atoms with van der Waals surface area (Å²) in [6.07, 6.45) is 0. The SMILES string of the molecule is COc1cccc2cc(C(=O)Nc3ccc4nc(N5CCN(C)CC5)sc4c3)oc12. The lowest BCUT2D eigenvalue weighted by molar-refractivity contribution is 0.0998. The number of anilines is 2. The van der Waals surface area contributed by atoms with Crippen molar-refractivity contribution in [2.75, 3.05) is 50.6 Å². The number of fused-ring (bicyclic) bond motifs is 2. The predicted octanol–water partition coefficient (Wildman–Crippen LogP) is 4.06. The van der Waals surface area contributed by atoms with E-state index < -0.39 is 0 Å². The van der Waals surface area contributed by atoms with Crippen LogP contribution >= 0.6 is 11.3 Å². The number of likely N-dealkylation sites (N-methyl/N-ethyl adjacent to an activating group) is 1. The molecule has 0 aliphatic carbocycles. The number of piperazine rings is 1. The molecule has 0 spiro atoms. The summed E-state index contributed by atoms with van der Waals surface area (Å²) in [6.45, 7) is 4.05. The number of carbonyl (C=O) groups is 1. The van der Waals surface area contributed by atoms with Gasteiger partial charge in [-0.05, 0) is 37.4 Å². The van der Waals surface area contributed by atoms with Gasteiger partial charge in [0.15, 0.2) is 22.2 Å². The molecule has 0 atom stereocenters. The van der Waals surface area contributed by atoms with Gasteiger partial charge in [-0.25, -0.2) is 4.98 Å². The van der Waals surface area contributed by atoms with E-state index in [1.807, 2.05) is 36.4 Å². The van der Waals surface area contributed by atoms with Gasteiger partial charge < -0.3 is 24.3 Å². The number of para-hydroxylation sites is 1. The maximum absolute atomic E-state index is 12.7. The lowest BCUT2D eigenvalue weighted by Crippen LogP contribution is -2.44. The van der Waals surface area contributed by atoms with Crippen LogP contribution in [-0.2, 0) is 0 Å². The van der Waals surface area contributed by atoms with Crippen LogP contribution in [0.3, 0.4) is 0 Å². The van der Waals surface area contributed by atoms with E-state index in [1.54, 1.807) is 24.5 Å². The number of ether oxygens (including phenoxy) is 1. The van der Waals surface area contributed by atoms with E-state index in [1.165, 1.54) is 0 Å². The Balaban J connectivity index is 1.37. The number of nitrogens with one attached hydrogen (secondary N) is 1. The first-order valence-electron chi connectivity index (χ1n) is 9.83. The fourth-order valence-corrected chi connectivity index (χ4v) is 4.68. The molecule has 7 nitrogen and oxygen atoms in total. The highest BCUT2D eigenvalue weighted by atomic mass is 32.1. The van der Waals surface area contributed by atoms with Crippen LogP contribution in [-0.4, -0.2) is 56.1 Å². The topological polar surface area (TPSA) is 70.8 Å². The number of nitrogens with zero attached hydrogens (tertiary/aromatic N) is 3. The summed E-state index contributed by atoms with van der Waals surface area (Å²) in [4.78, 5) is 22.1. The second kappa shape index (κ2) is 7.62. The largest absolute Gasteiger partial charge is 0.493 e.